The van der Waals surface area contributed by atoms with Gasteiger partial charge < -0.3 is 15.2 Å². The Kier molecular flexibility index (Phi) is 11.8. The van der Waals surface area contributed by atoms with Gasteiger partial charge in [-0.05, 0) is 13.3 Å². The van der Waals surface area contributed by atoms with Crippen molar-refractivity contribution in [2.75, 3.05) is 25.4 Å². The minimum atomic E-state index is 0. The van der Waals surface area contributed by atoms with E-state index in [1.165, 1.54) is 0 Å². The highest BCUT2D eigenvalue weighted by molar-refractivity contribution is 14.0. The van der Waals surface area contributed by atoms with Crippen molar-refractivity contribution in [1.82, 2.24) is 30.4 Å². The monoisotopic (exact) mass is 495 g/mol. The maximum Gasteiger partial charge on any atom is 0.191 e. The Morgan fingerprint density at radius 3 is 2.96 bits per heavy atom. The van der Waals surface area contributed by atoms with E-state index >= 15 is 0 Å². The molecule has 0 unspecified atom stereocenters. The summed E-state index contributed by atoms with van der Waals surface area (Å²) in [6, 6.07) is 0. The number of hydrogen-bond donors (Lipinski definition) is 2. The summed E-state index contributed by atoms with van der Waals surface area (Å²) in [5.41, 5.74) is 0. The Morgan fingerprint density at radius 1 is 1.36 bits per heavy atom. The van der Waals surface area contributed by atoms with Crippen LogP contribution in [-0.4, -0.2) is 51.1 Å². The van der Waals surface area contributed by atoms with Crippen LogP contribution in [0.25, 0.3) is 0 Å². The maximum atomic E-state index is 4.62. The van der Waals surface area contributed by atoms with Crippen LogP contribution >= 0.6 is 47.1 Å². The molecule has 7 nitrogen and oxygen atoms in total. The largest absolute Gasteiger partial charge is 0.357 e. The number of thiazole rings is 1. The Hall–Kier alpha value is -0.880. The Morgan fingerprint density at radius 2 is 2.24 bits per heavy atom. The van der Waals surface area contributed by atoms with Crippen molar-refractivity contribution >= 4 is 53.0 Å². The molecule has 0 atom stereocenters. The second kappa shape index (κ2) is 13.3. The first-order chi connectivity index (χ1) is 11.8. The van der Waals surface area contributed by atoms with Crippen LogP contribution in [0.3, 0.4) is 0 Å². The van der Waals surface area contributed by atoms with Crippen molar-refractivity contribution in [3.8, 4) is 0 Å². The molecule has 2 rings (SSSR count). The zero-order chi connectivity index (χ0) is 17.0. The topological polar surface area (TPSA) is 80.0 Å². The average Bonchev–Trinajstić information content (AvgIpc) is 3.25. The summed E-state index contributed by atoms with van der Waals surface area (Å²) in [5.74, 6) is 2.91. The van der Waals surface area contributed by atoms with Gasteiger partial charge in [0.1, 0.15) is 16.5 Å². The third-order valence-corrected chi connectivity index (χ3v) is 5.26. The predicted molar refractivity (Wildman–Crippen MR) is 116 cm³/mol. The van der Waals surface area contributed by atoms with Crippen molar-refractivity contribution in [2.24, 2.45) is 4.99 Å². The molecule has 0 spiro atoms. The summed E-state index contributed by atoms with van der Waals surface area (Å²) >= 11 is 3.48. The number of thioether (sulfide) groups is 1. The molecule has 2 N–H and O–H groups in total. The number of aryl methyl sites for hydroxylation is 1. The molecule has 2 heterocycles. The maximum absolute atomic E-state index is 4.62. The van der Waals surface area contributed by atoms with Crippen LogP contribution in [0, 0.1) is 0 Å². The van der Waals surface area contributed by atoms with Gasteiger partial charge in [0.05, 0.1) is 0 Å². The molecule has 0 saturated carbocycles. The molecule has 25 heavy (non-hydrogen) atoms. The van der Waals surface area contributed by atoms with Gasteiger partial charge in [0.25, 0.3) is 0 Å². The predicted octanol–water partition coefficient (Wildman–Crippen LogP) is 2.65. The molecule has 2 aromatic heterocycles. The van der Waals surface area contributed by atoms with E-state index in [-0.39, 0.29) is 24.0 Å². The van der Waals surface area contributed by atoms with Crippen molar-refractivity contribution in [1.29, 1.82) is 0 Å². The highest BCUT2D eigenvalue weighted by atomic mass is 127. The Bertz CT molecular complexity index is 601. The lowest BCUT2D eigenvalue weighted by Gasteiger charge is -2.12. The smallest absolute Gasteiger partial charge is 0.191 e. The first-order valence-corrected chi connectivity index (χ1v) is 10.1. The van der Waals surface area contributed by atoms with Crippen molar-refractivity contribution in [2.45, 2.75) is 37.6 Å². The van der Waals surface area contributed by atoms with Crippen LogP contribution in [0.4, 0.5) is 0 Å². The molecule has 10 heteroatoms. The molecule has 0 amide bonds. The third kappa shape index (κ3) is 8.36. The molecule has 0 aromatic carbocycles. The zero-order valence-corrected chi connectivity index (χ0v) is 18.6. The van der Waals surface area contributed by atoms with Crippen molar-refractivity contribution in [3.63, 3.8) is 0 Å². The molecular weight excluding hydrogens is 469 g/mol. The van der Waals surface area contributed by atoms with Crippen LogP contribution in [0.15, 0.2) is 27.2 Å². The molecular formula is C15H26IN7S2. The van der Waals surface area contributed by atoms with E-state index in [0.717, 1.165) is 60.9 Å². The number of rotatable bonds is 10. The van der Waals surface area contributed by atoms with Crippen LogP contribution < -0.4 is 10.6 Å². The molecule has 0 radical (unpaired) electrons. The summed E-state index contributed by atoms with van der Waals surface area (Å²) in [4.78, 5) is 8.88. The minimum Gasteiger partial charge on any atom is -0.357 e. The minimum absolute atomic E-state index is 0. The number of aliphatic imine (C=N–C) groups is 1. The van der Waals surface area contributed by atoms with Crippen LogP contribution in [0.2, 0.25) is 0 Å². The summed E-state index contributed by atoms with van der Waals surface area (Å²) in [6.45, 7) is 7.45. The van der Waals surface area contributed by atoms with E-state index in [0.29, 0.717) is 0 Å². The second-order valence-corrected chi connectivity index (χ2v) is 7.22. The molecule has 0 aliphatic rings. The summed E-state index contributed by atoms with van der Waals surface area (Å²) in [7, 11) is 0. The lowest BCUT2D eigenvalue weighted by atomic mass is 10.4. The first-order valence-electron chi connectivity index (χ1n) is 8.24. The first kappa shape index (κ1) is 22.2. The van der Waals surface area contributed by atoms with E-state index < -0.39 is 0 Å². The zero-order valence-electron chi connectivity index (χ0n) is 14.6. The SMILES string of the molecule is CCNC(=NCCCSc1nccs1)NCCn1cnnc1CC.I. The van der Waals surface area contributed by atoms with Crippen LogP contribution in [0.5, 0.6) is 0 Å². The fourth-order valence-corrected chi connectivity index (χ4v) is 3.70. The van der Waals surface area contributed by atoms with Crippen molar-refractivity contribution in [3.05, 3.63) is 23.7 Å². The van der Waals surface area contributed by atoms with Gasteiger partial charge in [-0.1, -0.05) is 18.7 Å². The molecule has 0 saturated heterocycles. The summed E-state index contributed by atoms with van der Waals surface area (Å²) in [6.07, 6.45) is 5.55. The lowest BCUT2D eigenvalue weighted by Crippen LogP contribution is -2.39. The van der Waals surface area contributed by atoms with Gasteiger partial charge in [0, 0.05) is 49.9 Å². The highest BCUT2D eigenvalue weighted by Crippen LogP contribution is 2.20. The number of aromatic nitrogens is 4. The van der Waals surface area contributed by atoms with Gasteiger partial charge in [-0.2, -0.15) is 0 Å². The molecule has 0 aliphatic heterocycles. The van der Waals surface area contributed by atoms with E-state index in [1.54, 1.807) is 29.4 Å². The van der Waals surface area contributed by atoms with E-state index in [1.807, 2.05) is 11.6 Å². The van der Waals surface area contributed by atoms with E-state index in [2.05, 4.69) is 49.2 Å². The normalized spacial score (nSPS) is 11.2. The van der Waals surface area contributed by atoms with Crippen LogP contribution in [-0.2, 0) is 13.0 Å². The number of guanidine groups is 1. The second-order valence-electron chi connectivity index (χ2n) is 4.98. The van der Waals surface area contributed by atoms with Gasteiger partial charge in [-0.25, -0.2) is 4.98 Å². The number of hydrogen-bond acceptors (Lipinski definition) is 6. The Labute approximate surface area is 174 Å². The number of nitrogens with zero attached hydrogens (tertiary/aromatic N) is 5. The van der Waals surface area contributed by atoms with Gasteiger partial charge in [-0.3, -0.25) is 4.99 Å². The van der Waals surface area contributed by atoms with Crippen molar-refractivity contribution < 1.29 is 0 Å². The lowest BCUT2D eigenvalue weighted by molar-refractivity contribution is 0.632. The van der Waals surface area contributed by atoms with E-state index in [4.69, 9.17) is 0 Å². The average molecular weight is 495 g/mol. The van der Waals surface area contributed by atoms with Gasteiger partial charge >= 0.3 is 0 Å². The molecule has 0 aliphatic carbocycles. The molecule has 0 bridgehead atoms. The summed E-state index contributed by atoms with van der Waals surface area (Å²) in [5, 5.41) is 16.7. The number of nitrogens with one attached hydrogen (secondary N) is 2. The standard InChI is InChI=1S/C15H25N7S2.HI/c1-3-13-21-20-12-22(13)9-7-18-14(16-4-2)17-6-5-10-23-15-19-8-11-24-15;/h8,11-12H,3-7,9-10H2,1-2H3,(H2,16,17,18);1H. The van der Waals surface area contributed by atoms with Gasteiger partial charge in [-0.15, -0.1) is 45.5 Å². The fourth-order valence-electron chi connectivity index (χ4n) is 2.07. The number of halogens is 1. The van der Waals surface area contributed by atoms with Gasteiger partial charge in [0.15, 0.2) is 5.96 Å². The van der Waals surface area contributed by atoms with Crippen LogP contribution in [0.1, 0.15) is 26.1 Å². The summed E-state index contributed by atoms with van der Waals surface area (Å²) < 4.78 is 3.20. The molecule has 140 valence electrons. The quantitative estimate of drug-likeness (QED) is 0.174. The highest BCUT2D eigenvalue weighted by Gasteiger charge is 2.02. The van der Waals surface area contributed by atoms with Gasteiger partial charge in [0.2, 0.25) is 0 Å². The fraction of sp³-hybridized carbons (Fsp3) is 0.600. The molecule has 2 aromatic rings. The third-order valence-electron chi connectivity index (χ3n) is 3.21. The molecule has 0 fully saturated rings. The van der Waals surface area contributed by atoms with E-state index in [9.17, 15) is 0 Å². The Balaban J connectivity index is 0.00000312.